The Balaban J connectivity index is 2.49. The predicted octanol–water partition coefficient (Wildman–Crippen LogP) is 0.393. The normalized spacial score (nSPS) is 16.7. The van der Waals surface area contributed by atoms with Crippen LogP contribution in [0.4, 0.5) is 11.4 Å². The van der Waals surface area contributed by atoms with Gasteiger partial charge in [-0.15, -0.1) is 0 Å². The van der Waals surface area contributed by atoms with Crippen LogP contribution in [0.3, 0.4) is 0 Å². The number of carboxylic acids is 1. The van der Waals surface area contributed by atoms with Crippen LogP contribution in [0.2, 0.25) is 0 Å². The van der Waals surface area contributed by atoms with E-state index in [9.17, 15) is 21.6 Å². The molecule has 0 unspecified atom stereocenters. The van der Waals surface area contributed by atoms with Crippen molar-refractivity contribution >= 4 is 42.9 Å². The minimum Gasteiger partial charge on any atom is -0.481 e. The topological polar surface area (TPSA) is 130 Å². The van der Waals surface area contributed by atoms with Crippen LogP contribution in [0.1, 0.15) is 6.42 Å². The number of nitrogens with one attached hydrogen (secondary N) is 1. The Morgan fingerprint density at radius 1 is 1.43 bits per heavy atom. The molecule has 114 valence electrons. The minimum absolute atomic E-state index is 0.0406. The Bertz CT molecular complexity index is 839. The predicted molar refractivity (Wildman–Crippen MR) is 76.3 cm³/mol. The Morgan fingerprint density at radius 2 is 2.10 bits per heavy atom. The number of anilines is 1. The molecule has 0 spiro atoms. The highest BCUT2D eigenvalue weighted by atomic mass is 32.2. The Labute approximate surface area is 121 Å². The number of rotatable bonds is 4. The molecule has 1 aliphatic rings. The standard InChI is InChI=1S/C11H12N2O6S2/c1-20(16,17)13-7-2-3-9-10(4-7)21(18,19)6-8(12-9)5-11(14)15/h2-4,13H,5-6H2,1H3,(H,14,15). The third-order valence-corrected chi connectivity index (χ3v) is 4.91. The summed E-state index contributed by atoms with van der Waals surface area (Å²) in [7, 11) is -7.27. The zero-order valence-electron chi connectivity index (χ0n) is 10.9. The third-order valence-electron chi connectivity index (χ3n) is 2.59. The number of sulfonamides is 1. The molecule has 0 aliphatic carbocycles. The van der Waals surface area contributed by atoms with Gasteiger partial charge in [-0.2, -0.15) is 0 Å². The van der Waals surface area contributed by atoms with E-state index in [0.29, 0.717) is 0 Å². The van der Waals surface area contributed by atoms with Gasteiger partial charge in [-0.3, -0.25) is 14.5 Å². The van der Waals surface area contributed by atoms with Crippen molar-refractivity contribution in [1.82, 2.24) is 0 Å². The number of nitrogens with zero attached hydrogens (tertiary/aromatic N) is 1. The van der Waals surface area contributed by atoms with E-state index in [0.717, 1.165) is 6.26 Å². The van der Waals surface area contributed by atoms with Gasteiger partial charge < -0.3 is 5.11 Å². The smallest absolute Gasteiger partial charge is 0.309 e. The van der Waals surface area contributed by atoms with Crippen LogP contribution in [0.5, 0.6) is 0 Å². The van der Waals surface area contributed by atoms with Crippen molar-refractivity contribution in [2.75, 3.05) is 16.7 Å². The van der Waals surface area contributed by atoms with Gasteiger partial charge in [0.2, 0.25) is 10.0 Å². The first-order valence-electron chi connectivity index (χ1n) is 5.70. The molecule has 0 atom stereocenters. The maximum absolute atomic E-state index is 12.1. The van der Waals surface area contributed by atoms with E-state index in [2.05, 4.69) is 9.71 Å². The van der Waals surface area contributed by atoms with E-state index in [1.54, 1.807) is 0 Å². The second-order valence-electron chi connectivity index (χ2n) is 4.56. The Morgan fingerprint density at radius 3 is 2.67 bits per heavy atom. The van der Waals surface area contributed by atoms with Gasteiger partial charge in [-0.25, -0.2) is 16.8 Å². The van der Waals surface area contributed by atoms with Crippen LogP contribution in [0, 0.1) is 0 Å². The number of carbonyl (C=O) groups is 1. The molecule has 21 heavy (non-hydrogen) atoms. The SMILES string of the molecule is CS(=O)(=O)Nc1ccc2c(c1)S(=O)(=O)CC(CC(=O)O)=N2. The first-order valence-corrected chi connectivity index (χ1v) is 9.24. The fourth-order valence-electron chi connectivity index (χ4n) is 1.90. The van der Waals surface area contributed by atoms with Crippen molar-refractivity contribution in [2.45, 2.75) is 11.3 Å². The van der Waals surface area contributed by atoms with E-state index in [-0.39, 0.29) is 22.0 Å². The zero-order chi connectivity index (χ0) is 15.8. The lowest BCUT2D eigenvalue weighted by Crippen LogP contribution is -2.22. The lowest BCUT2D eigenvalue weighted by molar-refractivity contribution is -0.135. The molecule has 0 saturated carbocycles. The number of carboxylic acid groups (broad SMARTS) is 1. The number of aliphatic carboxylic acids is 1. The summed E-state index contributed by atoms with van der Waals surface area (Å²) in [5.74, 6) is -1.66. The van der Waals surface area contributed by atoms with Crippen molar-refractivity contribution in [3.63, 3.8) is 0 Å². The van der Waals surface area contributed by atoms with Gasteiger partial charge >= 0.3 is 5.97 Å². The quantitative estimate of drug-likeness (QED) is 0.820. The van der Waals surface area contributed by atoms with Gasteiger partial charge in [0.25, 0.3) is 0 Å². The molecular weight excluding hydrogens is 320 g/mol. The fourth-order valence-corrected chi connectivity index (χ4v) is 3.95. The van der Waals surface area contributed by atoms with Gasteiger partial charge in [-0.05, 0) is 18.2 Å². The number of hydrogen-bond donors (Lipinski definition) is 2. The molecule has 0 amide bonds. The molecule has 1 aliphatic heterocycles. The molecule has 0 aromatic heterocycles. The van der Waals surface area contributed by atoms with E-state index in [1.165, 1.54) is 18.2 Å². The molecular formula is C11H12N2O6S2. The average Bonchev–Trinajstić information content (AvgIpc) is 2.26. The molecule has 1 heterocycles. The van der Waals surface area contributed by atoms with Crippen LogP contribution in [0.25, 0.3) is 0 Å². The summed E-state index contributed by atoms with van der Waals surface area (Å²) >= 11 is 0. The lowest BCUT2D eigenvalue weighted by atomic mass is 10.2. The van der Waals surface area contributed by atoms with Crippen LogP contribution >= 0.6 is 0 Å². The molecule has 0 saturated heterocycles. The summed E-state index contributed by atoms with van der Waals surface area (Å²) in [5, 5.41) is 8.70. The second-order valence-corrected chi connectivity index (χ2v) is 8.27. The first-order chi connectivity index (χ1) is 9.57. The van der Waals surface area contributed by atoms with Gasteiger partial charge in [0.05, 0.1) is 29.0 Å². The van der Waals surface area contributed by atoms with Crippen molar-refractivity contribution < 1.29 is 26.7 Å². The van der Waals surface area contributed by atoms with E-state index >= 15 is 0 Å². The molecule has 0 radical (unpaired) electrons. The van der Waals surface area contributed by atoms with E-state index in [4.69, 9.17) is 5.11 Å². The summed E-state index contributed by atoms with van der Waals surface area (Å²) in [5.41, 5.74) is 0.257. The second kappa shape index (κ2) is 5.11. The van der Waals surface area contributed by atoms with Crippen LogP contribution in [-0.2, 0) is 24.7 Å². The van der Waals surface area contributed by atoms with E-state index in [1.807, 2.05) is 0 Å². The molecule has 10 heteroatoms. The summed E-state index contributed by atoms with van der Waals surface area (Å²) < 4.78 is 48.7. The molecule has 2 rings (SSSR count). The molecule has 8 nitrogen and oxygen atoms in total. The first kappa shape index (κ1) is 15.4. The van der Waals surface area contributed by atoms with Gasteiger partial charge in [0.15, 0.2) is 9.84 Å². The minimum atomic E-state index is -3.74. The lowest BCUT2D eigenvalue weighted by Gasteiger charge is -2.16. The summed E-state index contributed by atoms with van der Waals surface area (Å²) in [6.07, 6.45) is 0.492. The molecule has 2 N–H and O–H groups in total. The zero-order valence-corrected chi connectivity index (χ0v) is 12.5. The van der Waals surface area contributed by atoms with Gasteiger partial charge in [-0.1, -0.05) is 0 Å². The largest absolute Gasteiger partial charge is 0.481 e. The number of sulfone groups is 1. The monoisotopic (exact) mass is 332 g/mol. The van der Waals surface area contributed by atoms with Crippen LogP contribution in [0.15, 0.2) is 28.1 Å². The maximum Gasteiger partial charge on any atom is 0.309 e. The van der Waals surface area contributed by atoms with Crippen molar-refractivity contribution in [3.05, 3.63) is 18.2 Å². The number of fused-ring (bicyclic) bond motifs is 1. The number of benzene rings is 1. The molecule has 1 aromatic carbocycles. The van der Waals surface area contributed by atoms with Crippen LogP contribution in [-0.4, -0.2) is 45.6 Å². The number of aliphatic imine (C=N–C) groups is 1. The highest BCUT2D eigenvalue weighted by Crippen LogP contribution is 2.32. The summed E-state index contributed by atoms with van der Waals surface area (Å²) in [6, 6.07) is 3.87. The Hall–Kier alpha value is -1.94. The maximum atomic E-state index is 12.1. The van der Waals surface area contributed by atoms with Crippen molar-refractivity contribution in [2.24, 2.45) is 4.99 Å². The van der Waals surface area contributed by atoms with Crippen molar-refractivity contribution in [1.29, 1.82) is 0 Å². The van der Waals surface area contributed by atoms with Gasteiger partial charge in [0.1, 0.15) is 0 Å². The Kier molecular flexibility index (Phi) is 3.76. The van der Waals surface area contributed by atoms with Crippen LogP contribution < -0.4 is 4.72 Å². The third kappa shape index (κ3) is 3.79. The number of hydrogen-bond acceptors (Lipinski definition) is 6. The summed E-state index contributed by atoms with van der Waals surface area (Å²) in [6.45, 7) is 0. The molecule has 0 fully saturated rings. The average molecular weight is 332 g/mol. The van der Waals surface area contributed by atoms with Gasteiger partial charge in [0, 0.05) is 11.4 Å². The summed E-state index contributed by atoms with van der Waals surface area (Å²) in [4.78, 5) is 14.5. The highest BCUT2D eigenvalue weighted by Gasteiger charge is 2.27. The van der Waals surface area contributed by atoms with Crippen molar-refractivity contribution in [3.8, 4) is 0 Å². The molecule has 1 aromatic rings. The highest BCUT2D eigenvalue weighted by molar-refractivity contribution is 7.92. The molecule has 0 bridgehead atoms. The van der Waals surface area contributed by atoms with E-state index < -0.39 is 38.0 Å². The fraction of sp³-hybridized carbons (Fsp3) is 0.273.